The third-order valence-corrected chi connectivity index (χ3v) is 4.65. The lowest BCUT2D eigenvalue weighted by Gasteiger charge is -2.16. The molecule has 140 valence electrons. The van der Waals surface area contributed by atoms with Gasteiger partial charge in [0.05, 0.1) is 12.2 Å². The molecule has 0 aliphatic carbocycles. The summed E-state index contributed by atoms with van der Waals surface area (Å²) < 4.78 is 14.6. The van der Waals surface area contributed by atoms with Crippen LogP contribution in [-0.4, -0.2) is 54.2 Å². The maximum atomic E-state index is 14.6. The maximum Gasteiger partial charge on any atom is 0.248 e. The zero-order valence-corrected chi connectivity index (χ0v) is 14.5. The van der Waals surface area contributed by atoms with Gasteiger partial charge in [-0.25, -0.2) is 4.39 Å². The average Bonchev–Trinajstić information content (AvgIpc) is 3.29. The van der Waals surface area contributed by atoms with E-state index < -0.39 is 6.61 Å². The van der Waals surface area contributed by atoms with E-state index in [4.69, 9.17) is 9.94 Å². The van der Waals surface area contributed by atoms with E-state index in [9.17, 15) is 14.0 Å². The summed E-state index contributed by atoms with van der Waals surface area (Å²) in [6.45, 7) is 2.19. The van der Waals surface area contributed by atoms with Crippen LogP contribution in [0.25, 0.3) is 5.70 Å². The summed E-state index contributed by atoms with van der Waals surface area (Å²) in [7, 11) is 0. The summed E-state index contributed by atoms with van der Waals surface area (Å²) in [6.07, 6.45) is 2.15. The van der Waals surface area contributed by atoms with Gasteiger partial charge >= 0.3 is 0 Å². The molecule has 1 fully saturated rings. The van der Waals surface area contributed by atoms with Crippen LogP contribution in [0.3, 0.4) is 0 Å². The lowest BCUT2D eigenvalue weighted by Crippen LogP contribution is -2.30. The minimum Gasteiger partial charge on any atom is -0.387 e. The molecule has 2 aliphatic rings. The fourth-order valence-corrected chi connectivity index (χ4v) is 3.26. The summed E-state index contributed by atoms with van der Waals surface area (Å²) in [4.78, 5) is 29.4. The van der Waals surface area contributed by atoms with Crippen LogP contribution in [0, 0.1) is 5.82 Å². The predicted octanol–water partition coefficient (Wildman–Crippen LogP) is 0.514. The zero-order valence-electron chi connectivity index (χ0n) is 14.5. The number of nitrogens with one attached hydrogen (secondary N) is 2. The van der Waals surface area contributed by atoms with Crippen molar-refractivity contribution < 1.29 is 23.9 Å². The summed E-state index contributed by atoms with van der Waals surface area (Å²) >= 11 is 0. The summed E-state index contributed by atoms with van der Waals surface area (Å²) in [5.41, 5.74) is 4.62. The van der Waals surface area contributed by atoms with Crippen LogP contribution in [0.4, 0.5) is 4.39 Å². The highest BCUT2D eigenvalue weighted by molar-refractivity contribution is 5.77. The first-order valence-electron chi connectivity index (χ1n) is 8.54. The molecule has 1 aromatic rings. The van der Waals surface area contributed by atoms with Crippen molar-refractivity contribution in [2.75, 3.05) is 26.2 Å². The number of aliphatic hydroxyl groups excluding tert-OH is 1. The molecule has 26 heavy (non-hydrogen) atoms. The van der Waals surface area contributed by atoms with Gasteiger partial charge in [0, 0.05) is 31.5 Å². The second kappa shape index (κ2) is 7.84. The summed E-state index contributed by atoms with van der Waals surface area (Å²) in [5, 5.41) is 11.6. The molecule has 0 spiro atoms. The van der Waals surface area contributed by atoms with Gasteiger partial charge in [0.15, 0.2) is 0 Å². The second-order valence-electron chi connectivity index (χ2n) is 6.50. The quantitative estimate of drug-likeness (QED) is 0.709. The Bertz CT molecular complexity index is 737. The molecule has 0 bridgehead atoms. The van der Waals surface area contributed by atoms with Crippen molar-refractivity contribution >= 4 is 17.5 Å². The Morgan fingerprint density at radius 3 is 2.96 bits per heavy atom. The highest BCUT2D eigenvalue weighted by Crippen LogP contribution is 2.31. The standard InChI is InChI=1S/C18H22FN3O4/c1-11(24)20-8-14-7-17(21-26-14)12-2-3-15(16(19)6-12)13-4-5-22(9-13)18(25)10-23/h2-3,6-7,13-14,21,23H,4-5,8-10H2,1H3,(H,20,24). The summed E-state index contributed by atoms with van der Waals surface area (Å²) in [6, 6.07) is 4.97. The molecule has 7 nitrogen and oxygen atoms in total. The number of likely N-dealkylation sites (tertiary alicyclic amines) is 1. The molecule has 2 unspecified atom stereocenters. The molecule has 2 heterocycles. The van der Waals surface area contributed by atoms with Crippen molar-refractivity contribution in [2.24, 2.45) is 0 Å². The number of rotatable bonds is 5. The van der Waals surface area contributed by atoms with E-state index in [1.807, 2.05) is 0 Å². The Balaban J connectivity index is 1.68. The number of halogens is 1. The van der Waals surface area contributed by atoms with Crippen molar-refractivity contribution in [3.63, 3.8) is 0 Å². The number of hydrogen-bond acceptors (Lipinski definition) is 5. The molecule has 2 atom stereocenters. The van der Waals surface area contributed by atoms with E-state index in [2.05, 4.69) is 10.8 Å². The Morgan fingerprint density at radius 1 is 1.46 bits per heavy atom. The number of carbonyl (C=O) groups excluding carboxylic acids is 2. The van der Waals surface area contributed by atoms with E-state index in [1.165, 1.54) is 13.0 Å². The van der Waals surface area contributed by atoms with Crippen molar-refractivity contribution in [1.29, 1.82) is 0 Å². The number of amides is 2. The number of aliphatic hydroxyl groups is 1. The minimum atomic E-state index is -0.520. The SMILES string of the molecule is CC(=O)NCC1C=C(c2ccc(C3CCN(C(=O)CO)C3)c(F)c2)NO1. The van der Waals surface area contributed by atoms with Gasteiger partial charge in [0.2, 0.25) is 11.8 Å². The van der Waals surface area contributed by atoms with Crippen LogP contribution in [0.5, 0.6) is 0 Å². The van der Waals surface area contributed by atoms with Crippen LogP contribution in [0.1, 0.15) is 30.4 Å². The van der Waals surface area contributed by atoms with E-state index in [-0.39, 0.29) is 29.7 Å². The average molecular weight is 363 g/mol. The fourth-order valence-electron chi connectivity index (χ4n) is 3.26. The monoisotopic (exact) mass is 363 g/mol. The predicted molar refractivity (Wildman–Crippen MR) is 92.1 cm³/mol. The third-order valence-electron chi connectivity index (χ3n) is 4.65. The molecule has 0 saturated carbocycles. The highest BCUT2D eigenvalue weighted by atomic mass is 19.1. The zero-order chi connectivity index (χ0) is 18.7. The van der Waals surface area contributed by atoms with Crippen LogP contribution in [0.15, 0.2) is 24.3 Å². The van der Waals surface area contributed by atoms with E-state index >= 15 is 0 Å². The smallest absolute Gasteiger partial charge is 0.248 e. The Labute approximate surface area is 150 Å². The largest absolute Gasteiger partial charge is 0.387 e. The number of carbonyl (C=O) groups is 2. The Morgan fingerprint density at radius 2 is 2.27 bits per heavy atom. The molecular weight excluding hydrogens is 341 g/mol. The molecule has 1 saturated heterocycles. The van der Waals surface area contributed by atoms with E-state index in [0.29, 0.717) is 42.9 Å². The first-order chi connectivity index (χ1) is 12.5. The van der Waals surface area contributed by atoms with Crippen LogP contribution >= 0.6 is 0 Å². The van der Waals surface area contributed by atoms with Gasteiger partial charge in [0.1, 0.15) is 18.5 Å². The number of nitrogens with zero attached hydrogens (tertiary/aromatic N) is 1. The minimum absolute atomic E-state index is 0.0752. The van der Waals surface area contributed by atoms with Crippen LogP contribution in [0.2, 0.25) is 0 Å². The van der Waals surface area contributed by atoms with Gasteiger partial charge in [-0.15, -0.1) is 0 Å². The molecule has 2 amide bonds. The van der Waals surface area contributed by atoms with Crippen molar-refractivity contribution in [1.82, 2.24) is 15.7 Å². The lowest BCUT2D eigenvalue weighted by atomic mass is 9.96. The maximum absolute atomic E-state index is 14.6. The molecule has 2 aliphatic heterocycles. The van der Waals surface area contributed by atoms with Gasteiger partial charge in [-0.05, 0) is 24.1 Å². The second-order valence-corrected chi connectivity index (χ2v) is 6.50. The molecule has 1 aromatic carbocycles. The molecule has 0 radical (unpaired) electrons. The summed E-state index contributed by atoms with van der Waals surface area (Å²) in [5.74, 6) is -0.879. The Hall–Kier alpha value is -2.45. The lowest BCUT2D eigenvalue weighted by molar-refractivity contribution is -0.133. The first kappa shape index (κ1) is 18.3. The molecular formula is C18H22FN3O4. The van der Waals surface area contributed by atoms with Gasteiger partial charge in [-0.2, -0.15) is 0 Å². The first-order valence-corrected chi connectivity index (χ1v) is 8.54. The van der Waals surface area contributed by atoms with Gasteiger partial charge in [-0.1, -0.05) is 12.1 Å². The highest BCUT2D eigenvalue weighted by Gasteiger charge is 2.29. The molecule has 8 heteroatoms. The third kappa shape index (κ3) is 4.03. The van der Waals surface area contributed by atoms with Crippen LogP contribution in [-0.2, 0) is 14.4 Å². The normalized spacial score (nSPS) is 22.1. The van der Waals surface area contributed by atoms with Crippen LogP contribution < -0.4 is 10.8 Å². The number of hydroxylamine groups is 1. The van der Waals surface area contributed by atoms with Gasteiger partial charge < -0.3 is 15.3 Å². The van der Waals surface area contributed by atoms with E-state index in [0.717, 1.165) is 0 Å². The topological polar surface area (TPSA) is 90.9 Å². The van der Waals surface area contributed by atoms with Gasteiger partial charge in [-0.3, -0.25) is 19.9 Å². The van der Waals surface area contributed by atoms with Gasteiger partial charge in [0.25, 0.3) is 0 Å². The fraction of sp³-hybridized carbons (Fsp3) is 0.444. The van der Waals surface area contributed by atoms with Crippen molar-refractivity contribution in [3.8, 4) is 0 Å². The molecule has 3 rings (SSSR count). The van der Waals surface area contributed by atoms with Crippen molar-refractivity contribution in [2.45, 2.75) is 25.4 Å². The number of hydrogen-bond donors (Lipinski definition) is 3. The molecule has 3 N–H and O–H groups in total. The van der Waals surface area contributed by atoms with E-state index in [1.54, 1.807) is 23.1 Å². The van der Waals surface area contributed by atoms with Crippen molar-refractivity contribution in [3.05, 3.63) is 41.2 Å². The molecule has 0 aromatic heterocycles. The Kier molecular flexibility index (Phi) is 5.53. The number of benzene rings is 1.